The minimum absolute atomic E-state index is 1.16. The zero-order valence-corrected chi connectivity index (χ0v) is 8.78. The van der Waals surface area contributed by atoms with Crippen LogP contribution in [-0.4, -0.2) is 29.9 Å². The Kier molecular flexibility index (Phi) is 5.21. The molecule has 0 radical (unpaired) electrons. The maximum atomic E-state index is 3.47. The molecule has 1 fully saturated rings. The number of nitrogens with zero attached hydrogens (tertiary/aromatic N) is 1. The second-order valence-corrected chi connectivity index (χ2v) is 4.09. The molecule has 1 aliphatic rings. The number of halogens is 1. The van der Waals surface area contributed by atoms with Crippen LogP contribution in [0.4, 0.5) is 0 Å². The molecule has 1 saturated heterocycles. The Bertz CT molecular complexity index is 87.6. The van der Waals surface area contributed by atoms with Crippen molar-refractivity contribution in [1.82, 2.24) is 4.90 Å². The van der Waals surface area contributed by atoms with Gasteiger partial charge < -0.3 is 4.90 Å². The third-order valence-corrected chi connectivity index (χ3v) is 2.87. The fourth-order valence-corrected chi connectivity index (χ4v) is 1.89. The normalized spacial score (nSPS) is 21.5. The zero-order chi connectivity index (χ0) is 7.94. The van der Waals surface area contributed by atoms with Gasteiger partial charge in [-0.1, -0.05) is 28.8 Å². The minimum atomic E-state index is 1.16. The number of rotatable bonds is 3. The first kappa shape index (κ1) is 9.53. The van der Waals surface area contributed by atoms with Crippen molar-refractivity contribution in [3.63, 3.8) is 0 Å². The molecule has 66 valence electrons. The molecule has 0 saturated carbocycles. The smallest absolute Gasteiger partial charge is 0.00434 e. The fourth-order valence-electron chi connectivity index (χ4n) is 1.64. The SMILES string of the molecule is BrCCCN1CCCCCC1. The summed E-state index contributed by atoms with van der Waals surface area (Å²) in [7, 11) is 0. The van der Waals surface area contributed by atoms with E-state index in [9.17, 15) is 0 Å². The van der Waals surface area contributed by atoms with E-state index in [0.717, 1.165) is 5.33 Å². The molecular formula is C9H18BrN. The summed E-state index contributed by atoms with van der Waals surface area (Å²) >= 11 is 3.47. The predicted octanol–water partition coefficient (Wildman–Crippen LogP) is 2.65. The van der Waals surface area contributed by atoms with Crippen molar-refractivity contribution in [2.45, 2.75) is 32.1 Å². The van der Waals surface area contributed by atoms with Crippen LogP contribution in [0.3, 0.4) is 0 Å². The van der Waals surface area contributed by atoms with Crippen LogP contribution in [0.25, 0.3) is 0 Å². The Labute approximate surface area is 78.3 Å². The summed E-state index contributed by atoms with van der Waals surface area (Å²) in [6, 6.07) is 0. The summed E-state index contributed by atoms with van der Waals surface area (Å²) in [6.45, 7) is 3.98. The van der Waals surface area contributed by atoms with Crippen molar-refractivity contribution >= 4 is 15.9 Å². The van der Waals surface area contributed by atoms with Crippen molar-refractivity contribution in [2.24, 2.45) is 0 Å². The van der Waals surface area contributed by atoms with Crippen LogP contribution < -0.4 is 0 Å². The molecular weight excluding hydrogens is 202 g/mol. The van der Waals surface area contributed by atoms with Crippen LogP contribution in [-0.2, 0) is 0 Å². The summed E-state index contributed by atoms with van der Waals surface area (Å²) in [5, 5.41) is 1.16. The second kappa shape index (κ2) is 6.01. The van der Waals surface area contributed by atoms with E-state index in [1.807, 2.05) is 0 Å². The molecule has 0 N–H and O–H groups in total. The molecule has 11 heavy (non-hydrogen) atoms. The standard InChI is InChI=1S/C9H18BrN/c10-6-5-9-11-7-3-1-2-4-8-11/h1-9H2. The maximum Gasteiger partial charge on any atom is 0.00434 e. The lowest BCUT2D eigenvalue weighted by Gasteiger charge is -2.18. The number of likely N-dealkylation sites (tertiary alicyclic amines) is 1. The average Bonchev–Trinajstić information content (AvgIpc) is 2.28. The van der Waals surface area contributed by atoms with Crippen molar-refractivity contribution in [1.29, 1.82) is 0 Å². The lowest BCUT2D eigenvalue weighted by atomic mass is 10.2. The van der Waals surface area contributed by atoms with Gasteiger partial charge in [-0.15, -0.1) is 0 Å². The molecule has 1 heterocycles. The van der Waals surface area contributed by atoms with Crippen LogP contribution in [0.5, 0.6) is 0 Å². The summed E-state index contributed by atoms with van der Waals surface area (Å²) in [5.41, 5.74) is 0. The quantitative estimate of drug-likeness (QED) is 0.661. The maximum absolute atomic E-state index is 3.47. The molecule has 0 spiro atoms. The van der Waals surface area contributed by atoms with Crippen molar-refractivity contribution in [3.05, 3.63) is 0 Å². The van der Waals surface area contributed by atoms with Crippen LogP contribution in [0, 0.1) is 0 Å². The highest BCUT2D eigenvalue weighted by molar-refractivity contribution is 9.09. The molecule has 0 atom stereocenters. The van der Waals surface area contributed by atoms with Crippen molar-refractivity contribution in [3.8, 4) is 0 Å². The van der Waals surface area contributed by atoms with E-state index < -0.39 is 0 Å². The van der Waals surface area contributed by atoms with Gasteiger partial charge >= 0.3 is 0 Å². The first-order valence-electron chi connectivity index (χ1n) is 4.72. The van der Waals surface area contributed by atoms with E-state index in [2.05, 4.69) is 20.8 Å². The Hall–Kier alpha value is 0.440. The average molecular weight is 220 g/mol. The van der Waals surface area contributed by atoms with Crippen LogP contribution in [0.15, 0.2) is 0 Å². The molecule has 0 aromatic heterocycles. The molecule has 0 amide bonds. The highest BCUT2D eigenvalue weighted by atomic mass is 79.9. The Morgan fingerprint density at radius 2 is 1.64 bits per heavy atom. The minimum Gasteiger partial charge on any atom is -0.303 e. The third kappa shape index (κ3) is 4.12. The van der Waals surface area contributed by atoms with E-state index in [1.54, 1.807) is 0 Å². The van der Waals surface area contributed by atoms with E-state index in [4.69, 9.17) is 0 Å². The van der Waals surface area contributed by atoms with Gasteiger partial charge in [-0.25, -0.2) is 0 Å². The Balaban J connectivity index is 2.09. The molecule has 0 aromatic rings. The van der Waals surface area contributed by atoms with Crippen molar-refractivity contribution in [2.75, 3.05) is 25.0 Å². The topological polar surface area (TPSA) is 3.24 Å². The van der Waals surface area contributed by atoms with Gasteiger partial charge in [0.05, 0.1) is 0 Å². The van der Waals surface area contributed by atoms with Gasteiger partial charge in [0.2, 0.25) is 0 Å². The largest absolute Gasteiger partial charge is 0.303 e. The Morgan fingerprint density at radius 3 is 2.18 bits per heavy atom. The molecule has 0 unspecified atom stereocenters. The lowest BCUT2D eigenvalue weighted by Crippen LogP contribution is -2.25. The van der Waals surface area contributed by atoms with E-state index in [0.29, 0.717) is 0 Å². The van der Waals surface area contributed by atoms with Gasteiger partial charge in [0.15, 0.2) is 0 Å². The van der Waals surface area contributed by atoms with Gasteiger partial charge in [-0.2, -0.15) is 0 Å². The zero-order valence-electron chi connectivity index (χ0n) is 7.19. The molecule has 1 nitrogen and oxygen atoms in total. The monoisotopic (exact) mass is 219 g/mol. The third-order valence-electron chi connectivity index (χ3n) is 2.31. The molecule has 1 rings (SSSR count). The van der Waals surface area contributed by atoms with E-state index >= 15 is 0 Å². The molecule has 2 heteroatoms. The Morgan fingerprint density at radius 1 is 1.00 bits per heavy atom. The second-order valence-electron chi connectivity index (χ2n) is 3.30. The molecule has 0 aliphatic carbocycles. The summed E-state index contributed by atoms with van der Waals surface area (Å²) in [5.74, 6) is 0. The van der Waals surface area contributed by atoms with Gasteiger partial charge in [-0.3, -0.25) is 0 Å². The highest BCUT2D eigenvalue weighted by Gasteiger charge is 2.06. The summed E-state index contributed by atoms with van der Waals surface area (Å²) in [6.07, 6.45) is 7.04. The molecule has 0 aromatic carbocycles. The van der Waals surface area contributed by atoms with Crippen molar-refractivity contribution < 1.29 is 0 Å². The van der Waals surface area contributed by atoms with Gasteiger partial charge in [-0.05, 0) is 38.9 Å². The number of hydrogen-bond donors (Lipinski definition) is 0. The van der Waals surface area contributed by atoms with Crippen LogP contribution in [0.1, 0.15) is 32.1 Å². The predicted molar refractivity (Wildman–Crippen MR) is 53.3 cm³/mol. The lowest BCUT2D eigenvalue weighted by molar-refractivity contribution is 0.287. The van der Waals surface area contributed by atoms with E-state index in [-0.39, 0.29) is 0 Å². The highest BCUT2D eigenvalue weighted by Crippen LogP contribution is 2.09. The van der Waals surface area contributed by atoms with Crippen LogP contribution in [0.2, 0.25) is 0 Å². The van der Waals surface area contributed by atoms with Gasteiger partial charge in [0, 0.05) is 5.33 Å². The summed E-state index contributed by atoms with van der Waals surface area (Å²) in [4.78, 5) is 2.61. The summed E-state index contributed by atoms with van der Waals surface area (Å²) < 4.78 is 0. The first-order chi connectivity index (χ1) is 5.43. The van der Waals surface area contributed by atoms with Crippen LogP contribution >= 0.6 is 15.9 Å². The fraction of sp³-hybridized carbons (Fsp3) is 1.00. The van der Waals surface area contributed by atoms with E-state index in [1.165, 1.54) is 51.7 Å². The van der Waals surface area contributed by atoms with Gasteiger partial charge in [0.1, 0.15) is 0 Å². The number of alkyl halides is 1. The molecule has 0 bridgehead atoms. The van der Waals surface area contributed by atoms with Gasteiger partial charge in [0.25, 0.3) is 0 Å². The number of hydrogen-bond acceptors (Lipinski definition) is 1. The molecule has 1 aliphatic heterocycles. The first-order valence-corrected chi connectivity index (χ1v) is 5.84.